The van der Waals surface area contributed by atoms with E-state index >= 15 is 0 Å². The van der Waals surface area contributed by atoms with Crippen molar-refractivity contribution in [1.82, 2.24) is 4.90 Å². The zero-order chi connectivity index (χ0) is 9.10. The molecule has 0 aromatic carbocycles. The van der Waals surface area contributed by atoms with Crippen LogP contribution >= 0.6 is 0 Å². The van der Waals surface area contributed by atoms with Gasteiger partial charge in [-0.3, -0.25) is 0 Å². The number of likely N-dealkylation sites (N-methyl/N-ethyl adjacent to an activating group) is 1. The van der Waals surface area contributed by atoms with Crippen LogP contribution in [0.3, 0.4) is 0 Å². The van der Waals surface area contributed by atoms with E-state index in [1.165, 1.54) is 38.6 Å². The van der Waals surface area contributed by atoms with E-state index in [1.807, 2.05) is 0 Å². The summed E-state index contributed by atoms with van der Waals surface area (Å²) in [5.74, 6) is 0.815. The Balaban J connectivity index is 1.98. The van der Waals surface area contributed by atoms with Crippen molar-refractivity contribution >= 4 is 0 Å². The SMILES string of the molecule is CN1CCOC2CCCCCC2C1. The predicted octanol–water partition coefficient (Wildman–Crippen LogP) is 1.90. The fourth-order valence-electron chi connectivity index (χ4n) is 2.63. The highest BCUT2D eigenvalue weighted by molar-refractivity contribution is 4.79. The molecule has 1 saturated heterocycles. The van der Waals surface area contributed by atoms with Crippen LogP contribution in [-0.2, 0) is 4.74 Å². The van der Waals surface area contributed by atoms with E-state index in [0.29, 0.717) is 6.10 Å². The maximum absolute atomic E-state index is 5.92. The normalized spacial score (nSPS) is 37.6. The first-order valence-corrected chi connectivity index (χ1v) is 5.66. The van der Waals surface area contributed by atoms with Gasteiger partial charge in [-0.15, -0.1) is 0 Å². The Morgan fingerprint density at radius 1 is 1.15 bits per heavy atom. The first-order valence-electron chi connectivity index (χ1n) is 5.66. The van der Waals surface area contributed by atoms with Gasteiger partial charge in [-0.2, -0.15) is 0 Å². The Morgan fingerprint density at radius 3 is 2.92 bits per heavy atom. The second-order valence-corrected chi connectivity index (χ2v) is 4.57. The molecular weight excluding hydrogens is 162 g/mol. The van der Waals surface area contributed by atoms with Crippen LogP contribution in [0.4, 0.5) is 0 Å². The van der Waals surface area contributed by atoms with E-state index in [0.717, 1.165) is 19.1 Å². The molecule has 1 aliphatic carbocycles. The summed E-state index contributed by atoms with van der Waals surface area (Å²) in [6.45, 7) is 3.31. The van der Waals surface area contributed by atoms with Gasteiger partial charge in [0.2, 0.25) is 0 Å². The molecule has 0 spiro atoms. The molecule has 0 radical (unpaired) electrons. The third-order valence-electron chi connectivity index (χ3n) is 3.44. The summed E-state index contributed by atoms with van der Waals surface area (Å²) < 4.78 is 5.92. The van der Waals surface area contributed by atoms with Crippen molar-refractivity contribution in [3.63, 3.8) is 0 Å². The van der Waals surface area contributed by atoms with Gasteiger partial charge in [-0.25, -0.2) is 0 Å². The van der Waals surface area contributed by atoms with Crippen LogP contribution in [0.2, 0.25) is 0 Å². The first-order chi connectivity index (χ1) is 6.36. The van der Waals surface area contributed by atoms with Gasteiger partial charge >= 0.3 is 0 Å². The molecule has 13 heavy (non-hydrogen) atoms. The molecule has 1 heterocycles. The highest BCUT2D eigenvalue weighted by Crippen LogP contribution is 2.27. The lowest BCUT2D eigenvalue weighted by molar-refractivity contribution is 0.0276. The van der Waals surface area contributed by atoms with Crippen molar-refractivity contribution in [2.45, 2.75) is 38.2 Å². The minimum atomic E-state index is 0.576. The molecule has 2 rings (SSSR count). The molecule has 0 N–H and O–H groups in total. The summed E-state index contributed by atoms with van der Waals surface area (Å²) in [5.41, 5.74) is 0. The van der Waals surface area contributed by atoms with Crippen LogP contribution in [0, 0.1) is 5.92 Å². The number of ether oxygens (including phenoxy) is 1. The van der Waals surface area contributed by atoms with Crippen LogP contribution in [-0.4, -0.2) is 37.7 Å². The van der Waals surface area contributed by atoms with Crippen LogP contribution < -0.4 is 0 Å². The summed E-state index contributed by atoms with van der Waals surface area (Å²) in [4.78, 5) is 2.43. The fourth-order valence-corrected chi connectivity index (χ4v) is 2.63. The van der Waals surface area contributed by atoms with Crippen molar-refractivity contribution in [2.75, 3.05) is 26.7 Å². The standard InChI is InChI=1S/C11H21NO/c1-12-7-8-13-11-6-4-2-3-5-10(11)9-12/h10-11H,2-9H2,1H3. The van der Waals surface area contributed by atoms with Gasteiger partial charge in [0, 0.05) is 13.1 Å². The van der Waals surface area contributed by atoms with Crippen molar-refractivity contribution in [2.24, 2.45) is 5.92 Å². The molecule has 0 bridgehead atoms. The lowest BCUT2D eigenvalue weighted by atomic mass is 9.97. The molecular formula is C11H21NO. The van der Waals surface area contributed by atoms with Crippen molar-refractivity contribution < 1.29 is 4.74 Å². The number of fused-ring (bicyclic) bond motifs is 1. The van der Waals surface area contributed by atoms with E-state index in [2.05, 4.69) is 11.9 Å². The molecule has 2 aliphatic rings. The quantitative estimate of drug-likeness (QED) is 0.568. The van der Waals surface area contributed by atoms with Crippen molar-refractivity contribution in [3.05, 3.63) is 0 Å². The summed E-state index contributed by atoms with van der Waals surface area (Å²) >= 11 is 0. The third-order valence-corrected chi connectivity index (χ3v) is 3.44. The van der Waals surface area contributed by atoms with Gasteiger partial charge in [0.05, 0.1) is 12.7 Å². The lowest BCUT2D eigenvalue weighted by Gasteiger charge is -2.23. The zero-order valence-electron chi connectivity index (χ0n) is 8.67. The van der Waals surface area contributed by atoms with E-state index < -0.39 is 0 Å². The highest BCUT2D eigenvalue weighted by atomic mass is 16.5. The topological polar surface area (TPSA) is 12.5 Å². The Kier molecular flexibility index (Phi) is 3.23. The van der Waals surface area contributed by atoms with E-state index in [4.69, 9.17) is 4.74 Å². The lowest BCUT2D eigenvalue weighted by Crippen LogP contribution is -2.29. The average molecular weight is 183 g/mol. The van der Waals surface area contributed by atoms with Gasteiger partial charge in [-0.05, 0) is 25.8 Å². The summed E-state index contributed by atoms with van der Waals surface area (Å²) in [6.07, 6.45) is 7.48. The maximum Gasteiger partial charge on any atom is 0.0616 e. The van der Waals surface area contributed by atoms with E-state index in [9.17, 15) is 0 Å². The third kappa shape index (κ3) is 2.44. The molecule has 0 aromatic heterocycles. The predicted molar refractivity (Wildman–Crippen MR) is 53.8 cm³/mol. The van der Waals surface area contributed by atoms with Gasteiger partial charge in [0.15, 0.2) is 0 Å². The molecule has 2 nitrogen and oxygen atoms in total. The smallest absolute Gasteiger partial charge is 0.0616 e. The fraction of sp³-hybridized carbons (Fsp3) is 1.00. The Bertz CT molecular complexity index is 160. The monoisotopic (exact) mass is 183 g/mol. The first kappa shape index (κ1) is 9.47. The minimum absolute atomic E-state index is 0.576. The molecule has 2 fully saturated rings. The largest absolute Gasteiger partial charge is 0.377 e. The number of hydrogen-bond acceptors (Lipinski definition) is 2. The molecule has 2 unspecified atom stereocenters. The second-order valence-electron chi connectivity index (χ2n) is 4.57. The maximum atomic E-state index is 5.92. The number of rotatable bonds is 0. The Hall–Kier alpha value is -0.0800. The minimum Gasteiger partial charge on any atom is -0.377 e. The van der Waals surface area contributed by atoms with Crippen LogP contribution in [0.25, 0.3) is 0 Å². The van der Waals surface area contributed by atoms with Gasteiger partial charge < -0.3 is 9.64 Å². The average Bonchev–Trinajstić information content (AvgIpc) is 2.38. The van der Waals surface area contributed by atoms with Crippen molar-refractivity contribution in [3.8, 4) is 0 Å². The van der Waals surface area contributed by atoms with Crippen LogP contribution in [0.5, 0.6) is 0 Å². The Labute approximate surface area is 81.3 Å². The van der Waals surface area contributed by atoms with Crippen LogP contribution in [0.15, 0.2) is 0 Å². The molecule has 2 heteroatoms. The zero-order valence-corrected chi connectivity index (χ0v) is 8.67. The van der Waals surface area contributed by atoms with E-state index in [1.54, 1.807) is 0 Å². The van der Waals surface area contributed by atoms with Gasteiger partial charge in [0.1, 0.15) is 0 Å². The summed E-state index contributed by atoms with van der Waals surface area (Å²) in [6, 6.07) is 0. The van der Waals surface area contributed by atoms with Crippen molar-refractivity contribution in [1.29, 1.82) is 0 Å². The summed E-state index contributed by atoms with van der Waals surface area (Å²) in [7, 11) is 2.22. The molecule has 1 aliphatic heterocycles. The molecule has 0 aromatic rings. The molecule has 2 atom stereocenters. The second kappa shape index (κ2) is 4.43. The van der Waals surface area contributed by atoms with E-state index in [-0.39, 0.29) is 0 Å². The molecule has 76 valence electrons. The number of nitrogens with zero attached hydrogens (tertiary/aromatic N) is 1. The Morgan fingerprint density at radius 2 is 2.00 bits per heavy atom. The summed E-state index contributed by atoms with van der Waals surface area (Å²) in [5, 5.41) is 0. The molecule has 0 amide bonds. The van der Waals surface area contributed by atoms with Crippen LogP contribution in [0.1, 0.15) is 32.1 Å². The molecule has 1 saturated carbocycles. The highest BCUT2D eigenvalue weighted by Gasteiger charge is 2.27. The number of hydrogen-bond donors (Lipinski definition) is 0. The van der Waals surface area contributed by atoms with Gasteiger partial charge in [-0.1, -0.05) is 19.3 Å². The van der Waals surface area contributed by atoms with Gasteiger partial charge in [0.25, 0.3) is 0 Å².